The zero-order valence-electron chi connectivity index (χ0n) is 32.2. The Hall–Kier alpha value is -7.73. The third-order valence-corrected chi connectivity index (χ3v) is 12.7. The minimum Gasteiger partial charge on any atom is -0.456 e. The molecule has 60 heavy (non-hydrogen) atoms. The molecule has 0 aliphatic rings. The Labute approximate surface area is 349 Å². The number of hydrogen-bond donors (Lipinski definition) is 0. The van der Waals surface area contributed by atoms with Gasteiger partial charge in [0.25, 0.3) is 0 Å². The summed E-state index contributed by atoms with van der Waals surface area (Å²) >= 11 is 1.72. The number of para-hydroxylation sites is 1. The van der Waals surface area contributed by atoms with Gasteiger partial charge in [0.1, 0.15) is 27.3 Å². The third kappa shape index (κ3) is 5.78. The van der Waals surface area contributed by atoms with Crippen molar-refractivity contribution in [1.82, 2.24) is 4.98 Å². The molecule has 5 heteroatoms. The summed E-state index contributed by atoms with van der Waals surface area (Å²) < 4.78 is 13.9. The Bertz CT molecular complexity index is 3510. The van der Waals surface area contributed by atoms with Crippen LogP contribution in [-0.4, -0.2) is 4.98 Å². The average molecular weight is 787 g/mol. The summed E-state index contributed by atoms with van der Waals surface area (Å²) in [4.78, 5) is 7.30. The van der Waals surface area contributed by atoms with E-state index < -0.39 is 0 Å². The van der Waals surface area contributed by atoms with Crippen LogP contribution in [0.1, 0.15) is 0 Å². The van der Waals surface area contributed by atoms with Gasteiger partial charge in [0.2, 0.25) is 0 Å². The Morgan fingerprint density at radius 1 is 0.367 bits per heavy atom. The molecule has 3 aromatic heterocycles. The Kier molecular flexibility index (Phi) is 8.00. The molecule has 0 aliphatic carbocycles. The summed E-state index contributed by atoms with van der Waals surface area (Å²) in [6, 6.07) is 72.7. The standard InChI is InChI=1S/C55H34N2O2S/c1-3-10-35(11-4-1)36-18-25-41(26-19-36)57(43-29-22-38(23-30-43)44-15-9-17-49-52(44)45-14-7-8-16-48(45)58-49)42-27-20-37(21-28-42)40-24-31-46-51(34-40)59-50-33-32-47-54(53(46)50)60-55(56-47)39-12-5-2-6-13-39/h1-34H. The molecule has 4 nitrogen and oxygen atoms in total. The van der Waals surface area contributed by atoms with Gasteiger partial charge in [-0.3, -0.25) is 0 Å². The number of thiazole rings is 1. The van der Waals surface area contributed by atoms with Gasteiger partial charge in [-0.1, -0.05) is 133 Å². The fourth-order valence-electron chi connectivity index (χ4n) is 8.62. The molecular weight excluding hydrogens is 753 g/mol. The van der Waals surface area contributed by atoms with E-state index >= 15 is 0 Å². The Morgan fingerprint density at radius 2 is 0.900 bits per heavy atom. The van der Waals surface area contributed by atoms with Crippen LogP contribution in [-0.2, 0) is 0 Å². The van der Waals surface area contributed by atoms with Gasteiger partial charge in [-0.15, -0.1) is 11.3 Å². The highest BCUT2D eigenvalue weighted by Crippen LogP contribution is 2.43. The molecule has 0 saturated heterocycles. The summed E-state index contributed by atoms with van der Waals surface area (Å²) in [7, 11) is 0. The first-order valence-corrected chi connectivity index (χ1v) is 20.9. The number of rotatable bonds is 7. The molecule has 0 N–H and O–H groups in total. The van der Waals surface area contributed by atoms with Gasteiger partial charge < -0.3 is 13.7 Å². The van der Waals surface area contributed by atoms with Crippen molar-refractivity contribution in [1.29, 1.82) is 0 Å². The summed E-state index contributed by atoms with van der Waals surface area (Å²) in [6.07, 6.45) is 0. The number of hydrogen-bond acceptors (Lipinski definition) is 5. The largest absolute Gasteiger partial charge is 0.456 e. The topological polar surface area (TPSA) is 42.4 Å². The van der Waals surface area contributed by atoms with Gasteiger partial charge in [-0.25, -0.2) is 4.98 Å². The molecule has 0 unspecified atom stereocenters. The first-order valence-electron chi connectivity index (χ1n) is 20.1. The SMILES string of the molecule is c1ccc(-c2ccc(N(c3ccc(-c4ccc5c(c4)oc4ccc6nc(-c7ccccc7)sc6c45)cc3)c3ccc(-c4cccc5oc6ccccc6c45)cc3)cc2)cc1. The second kappa shape index (κ2) is 14.0. The van der Waals surface area contributed by atoms with Crippen LogP contribution in [0, 0.1) is 0 Å². The molecule has 0 fully saturated rings. The summed E-state index contributed by atoms with van der Waals surface area (Å²) in [5, 5.41) is 5.51. The van der Waals surface area contributed by atoms with Gasteiger partial charge in [0.15, 0.2) is 0 Å². The zero-order chi connectivity index (χ0) is 39.6. The molecule has 9 aromatic carbocycles. The molecule has 282 valence electrons. The quantitative estimate of drug-likeness (QED) is 0.161. The minimum absolute atomic E-state index is 0.869. The lowest BCUT2D eigenvalue weighted by atomic mass is 9.99. The minimum atomic E-state index is 0.869. The maximum Gasteiger partial charge on any atom is 0.137 e. The molecule has 12 rings (SSSR count). The van der Waals surface area contributed by atoms with E-state index in [1.54, 1.807) is 11.3 Å². The van der Waals surface area contributed by atoms with E-state index in [2.05, 4.69) is 181 Å². The lowest BCUT2D eigenvalue weighted by molar-refractivity contribution is 0.669. The van der Waals surface area contributed by atoms with E-state index in [4.69, 9.17) is 13.8 Å². The van der Waals surface area contributed by atoms with E-state index in [0.29, 0.717) is 0 Å². The summed E-state index contributed by atoms with van der Waals surface area (Å²) in [5.74, 6) is 0. The van der Waals surface area contributed by atoms with E-state index in [1.807, 2.05) is 30.3 Å². The van der Waals surface area contributed by atoms with Crippen molar-refractivity contribution in [2.45, 2.75) is 0 Å². The van der Waals surface area contributed by atoms with Crippen molar-refractivity contribution < 1.29 is 8.83 Å². The third-order valence-electron chi connectivity index (χ3n) is 11.5. The monoisotopic (exact) mass is 786 g/mol. The highest BCUT2D eigenvalue weighted by atomic mass is 32.1. The van der Waals surface area contributed by atoms with Crippen molar-refractivity contribution in [2.24, 2.45) is 0 Å². The normalized spacial score (nSPS) is 11.7. The summed E-state index contributed by atoms with van der Waals surface area (Å²) in [6.45, 7) is 0. The first kappa shape index (κ1) is 34.3. The predicted molar refractivity (Wildman–Crippen MR) is 251 cm³/mol. The number of furan rings is 2. The molecule has 0 amide bonds. The van der Waals surface area contributed by atoms with Crippen molar-refractivity contribution in [3.8, 4) is 44.0 Å². The van der Waals surface area contributed by atoms with Crippen molar-refractivity contribution in [3.63, 3.8) is 0 Å². The van der Waals surface area contributed by atoms with Crippen LogP contribution in [0.15, 0.2) is 215 Å². The van der Waals surface area contributed by atoms with Gasteiger partial charge in [0.05, 0.1) is 10.2 Å². The fourth-order valence-corrected chi connectivity index (χ4v) is 9.74. The molecule has 0 spiro atoms. The molecule has 12 aromatic rings. The number of nitrogens with zero attached hydrogens (tertiary/aromatic N) is 2. The highest BCUT2D eigenvalue weighted by Gasteiger charge is 2.18. The molecule has 0 atom stereocenters. The van der Waals surface area contributed by atoms with E-state index in [0.717, 1.165) is 104 Å². The predicted octanol–water partition coefficient (Wildman–Crippen LogP) is 16.2. The Balaban J connectivity index is 0.911. The smallest absolute Gasteiger partial charge is 0.137 e. The number of aromatic nitrogens is 1. The maximum absolute atomic E-state index is 6.50. The average Bonchev–Trinajstić information content (AvgIpc) is 4.04. The lowest BCUT2D eigenvalue weighted by Crippen LogP contribution is -2.09. The van der Waals surface area contributed by atoms with Crippen molar-refractivity contribution in [3.05, 3.63) is 206 Å². The van der Waals surface area contributed by atoms with Crippen LogP contribution in [0.2, 0.25) is 0 Å². The van der Waals surface area contributed by atoms with Crippen LogP contribution in [0.25, 0.3) is 98.0 Å². The number of benzene rings is 9. The van der Waals surface area contributed by atoms with E-state index in [9.17, 15) is 0 Å². The molecule has 3 heterocycles. The van der Waals surface area contributed by atoms with Crippen LogP contribution < -0.4 is 4.90 Å². The van der Waals surface area contributed by atoms with Crippen molar-refractivity contribution >= 4 is 82.5 Å². The number of anilines is 3. The van der Waals surface area contributed by atoms with Crippen LogP contribution in [0.4, 0.5) is 17.1 Å². The van der Waals surface area contributed by atoms with Crippen LogP contribution in [0.5, 0.6) is 0 Å². The van der Waals surface area contributed by atoms with Crippen LogP contribution >= 0.6 is 11.3 Å². The molecule has 0 radical (unpaired) electrons. The second-order valence-electron chi connectivity index (χ2n) is 15.1. The van der Waals surface area contributed by atoms with Gasteiger partial charge in [-0.05, 0) is 106 Å². The lowest BCUT2D eigenvalue weighted by Gasteiger charge is -2.26. The number of fused-ring (bicyclic) bond motifs is 8. The molecular formula is C55H34N2O2S. The zero-order valence-corrected chi connectivity index (χ0v) is 33.1. The Morgan fingerprint density at radius 3 is 1.62 bits per heavy atom. The molecule has 0 saturated carbocycles. The maximum atomic E-state index is 6.50. The summed E-state index contributed by atoms with van der Waals surface area (Å²) in [5.41, 5.74) is 15.8. The van der Waals surface area contributed by atoms with Crippen molar-refractivity contribution in [2.75, 3.05) is 4.90 Å². The molecule has 0 aliphatic heterocycles. The van der Waals surface area contributed by atoms with Gasteiger partial charge >= 0.3 is 0 Å². The second-order valence-corrected chi connectivity index (χ2v) is 16.1. The van der Waals surface area contributed by atoms with Gasteiger partial charge in [-0.2, -0.15) is 0 Å². The fraction of sp³-hybridized carbons (Fsp3) is 0. The van der Waals surface area contributed by atoms with E-state index in [-0.39, 0.29) is 0 Å². The first-order chi connectivity index (χ1) is 29.7. The van der Waals surface area contributed by atoms with Gasteiger partial charge in [0, 0.05) is 44.2 Å². The van der Waals surface area contributed by atoms with Crippen LogP contribution in [0.3, 0.4) is 0 Å². The van der Waals surface area contributed by atoms with E-state index in [1.165, 1.54) is 11.1 Å². The molecule has 0 bridgehead atoms. The highest BCUT2D eigenvalue weighted by molar-refractivity contribution is 7.22.